The normalized spacial score (nSPS) is 13.7. The highest BCUT2D eigenvalue weighted by Gasteiger charge is 2.53. The Bertz CT molecular complexity index is 4660. The Morgan fingerprint density at radius 2 is 0.578 bits per heavy atom. The van der Waals surface area contributed by atoms with E-state index in [4.69, 9.17) is 9.47 Å². The van der Waals surface area contributed by atoms with E-state index in [-0.39, 0.29) is 0 Å². The molecule has 13 aromatic rings. The Kier molecular flexibility index (Phi) is 10.4. The van der Waals surface area contributed by atoms with Gasteiger partial charge < -0.3 is 14.4 Å². The van der Waals surface area contributed by atoms with Crippen molar-refractivity contribution in [3.63, 3.8) is 0 Å². The molecule has 0 bridgehead atoms. The summed E-state index contributed by atoms with van der Waals surface area (Å²) in [5, 5.41) is 0. The zero-order valence-electron chi connectivity index (χ0n) is 45.2. The summed E-state index contributed by atoms with van der Waals surface area (Å²) < 4.78 is 13.4. The quantitative estimate of drug-likeness (QED) is 0.159. The van der Waals surface area contributed by atoms with E-state index in [1.807, 2.05) is 0 Å². The molecule has 2 spiro atoms. The van der Waals surface area contributed by atoms with Crippen LogP contribution in [0.2, 0.25) is 0 Å². The molecule has 2 aliphatic carbocycles. The number of nitrogens with zero attached hydrogens (tertiary/aromatic N) is 1. The number of hydrogen-bond donors (Lipinski definition) is 0. The monoisotopic (exact) mass is 1060 g/mol. The van der Waals surface area contributed by atoms with Gasteiger partial charge in [0.25, 0.3) is 0 Å². The maximum Gasteiger partial charge on any atom is 0.132 e. The fraction of sp³-hybridized carbons (Fsp3) is 0.0250. The van der Waals surface area contributed by atoms with Crippen molar-refractivity contribution in [1.29, 1.82) is 0 Å². The van der Waals surface area contributed by atoms with E-state index in [0.717, 1.165) is 73.4 Å². The number of fused-ring (bicyclic) bond motifs is 18. The third kappa shape index (κ3) is 6.86. The number of rotatable bonds is 7. The van der Waals surface area contributed by atoms with Gasteiger partial charge in [-0.2, -0.15) is 0 Å². The van der Waals surface area contributed by atoms with Crippen LogP contribution >= 0.6 is 0 Å². The molecular weight excluding hydrogens is 1010 g/mol. The lowest BCUT2D eigenvalue weighted by Crippen LogP contribution is -2.32. The van der Waals surface area contributed by atoms with Crippen molar-refractivity contribution in [2.45, 2.75) is 10.8 Å². The molecule has 17 rings (SSSR count). The third-order valence-corrected chi connectivity index (χ3v) is 18.0. The summed E-state index contributed by atoms with van der Waals surface area (Å²) in [6.07, 6.45) is 0. The maximum absolute atomic E-state index is 6.73. The van der Waals surface area contributed by atoms with Gasteiger partial charge in [0.1, 0.15) is 23.0 Å². The number of anilines is 3. The summed E-state index contributed by atoms with van der Waals surface area (Å²) in [5.74, 6) is 3.56. The van der Waals surface area contributed by atoms with Crippen LogP contribution < -0.4 is 14.4 Å². The molecule has 0 saturated heterocycles. The molecule has 3 nitrogen and oxygen atoms in total. The van der Waals surface area contributed by atoms with Gasteiger partial charge in [-0.25, -0.2) is 0 Å². The first kappa shape index (κ1) is 47.1. The second-order valence-corrected chi connectivity index (χ2v) is 22.2. The summed E-state index contributed by atoms with van der Waals surface area (Å²) in [6.45, 7) is 0. The Hall–Kier alpha value is -10.7. The summed E-state index contributed by atoms with van der Waals surface area (Å²) in [5.41, 5.74) is 26.1. The molecule has 2 aliphatic heterocycles. The summed E-state index contributed by atoms with van der Waals surface area (Å²) in [4.78, 5) is 2.45. The minimum absolute atomic E-state index is 0.519. The van der Waals surface area contributed by atoms with E-state index in [1.165, 1.54) is 77.9 Å². The van der Waals surface area contributed by atoms with Crippen molar-refractivity contribution in [2.75, 3.05) is 4.90 Å². The number of hydrogen-bond acceptors (Lipinski definition) is 3. The molecule has 0 N–H and O–H groups in total. The number of ether oxygens (including phenoxy) is 2. The standard InChI is InChI=1S/C80H51NO2/c1-2-20-52(21-3-1)55-22-18-23-56(50-55)53-40-45-58(46-41-53)81(59-47-42-54(43-48-59)57-44-49-67-64(51-57)60-24-4-7-28-65(60)79(67)68-30-9-14-36-74(68)82-75-37-15-10-31-69(75)79)73-35-13-6-25-61(73)62-27-19-34-72-78(62)63-26-5-8-29-66(63)80(72)70-32-11-16-38-76(70)83-77-39-17-12-33-71(77)80/h1-51H. The van der Waals surface area contributed by atoms with E-state index in [2.05, 4.69) is 314 Å². The fourth-order valence-electron chi connectivity index (χ4n) is 14.6. The van der Waals surface area contributed by atoms with Crippen LogP contribution in [0.5, 0.6) is 23.0 Å². The molecule has 388 valence electrons. The van der Waals surface area contributed by atoms with Gasteiger partial charge in [0.2, 0.25) is 0 Å². The van der Waals surface area contributed by atoms with Crippen LogP contribution in [0.1, 0.15) is 44.5 Å². The van der Waals surface area contributed by atoms with Gasteiger partial charge in [-0.15, -0.1) is 0 Å². The molecule has 0 aromatic heterocycles. The first-order chi connectivity index (χ1) is 41.2. The van der Waals surface area contributed by atoms with E-state index in [9.17, 15) is 0 Å². The van der Waals surface area contributed by atoms with Crippen LogP contribution in [-0.4, -0.2) is 0 Å². The predicted molar refractivity (Wildman–Crippen MR) is 338 cm³/mol. The van der Waals surface area contributed by atoms with Gasteiger partial charge in [-0.3, -0.25) is 0 Å². The Morgan fingerprint density at radius 1 is 0.217 bits per heavy atom. The number of para-hydroxylation sites is 5. The predicted octanol–water partition coefficient (Wildman–Crippen LogP) is 20.8. The second kappa shape index (κ2) is 18.4. The highest BCUT2D eigenvalue weighted by Crippen LogP contribution is 2.65. The second-order valence-electron chi connectivity index (χ2n) is 22.2. The van der Waals surface area contributed by atoms with Crippen molar-refractivity contribution in [3.05, 3.63) is 354 Å². The van der Waals surface area contributed by atoms with Crippen molar-refractivity contribution in [2.24, 2.45) is 0 Å². The molecule has 0 amide bonds. The van der Waals surface area contributed by atoms with Crippen molar-refractivity contribution >= 4 is 17.1 Å². The SMILES string of the molecule is c1ccc(-c2cccc(-c3ccc(N(c4ccc(-c5ccc6c(c5)-c5ccccc5C65c6ccccc6Oc6ccccc65)cc4)c4ccccc4-c4cccc5c4-c4ccccc4C54c5ccccc5Oc5ccccc54)cc3)c2)cc1. The van der Waals surface area contributed by atoms with Gasteiger partial charge in [0, 0.05) is 39.2 Å². The molecular formula is C80H51NO2. The van der Waals surface area contributed by atoms with Crippen LogP contribution in [-0.2, 0) is 10.8 Å². The van der Waals surface area contributed by atoms with E-state index < -0.39 is 10.8 Å². The summed E-state index contributed by atoms with van der Waals surface area (Å²) in [6, 6.07) is 113. The Morgan fingerprint density at radius 3 is 1.14 bits per heavy atom. The lowest BCUT2D eigenvalue weighted by molar-refractivity contribution is 0.436. The van der Waals surface area contributed by atoms with Crippen molar-refractivity contribution in [3.8, 4) is 89.8 Å². The fourth-order valence-corrected chi connectivity index (χ4v) is 14.6. The zero-order chi connectivity index (χ0) is 54.6. The highest BCUT2D eigenvalue weighted by molar-refractivity contribution is 6.01. The first-order valence-electron chi connectivity index (χ1n) is 28.6. The molecule has 0 unspecified atom stereocenters. The largest absolute Gasteiger partial charge is 0.457 e. The van der Waals surface area contributed by atoms with Gasteiger partial charge in [0.15, 0.2) is 0 Å². The topological polar surface area (TPSA) is 21.7 Å². The average Bonchev–Trinajstić information content (AvgIpc) is 1.65. The van der Waals surface area contributed by atoms with Gasteiger partial charge in [-0.1, -0.05) is 243 Å². The van der Waals surface area contributed by atoms with Crippen LogP contribution in [0.4, 0.5) is 17.1 Å². The molecule has 4 aliphatic rings. The summed E-state index contributed by atoms with van der Waals surface area (Å²) in [7, 11) is 0. The van der Waals surface area contributed by atoms with Crippen molar-refractivity contribution < 1.29 is 9.47 Å². The highest BCUT2D eigenvalue weighted by atomic mass is 16.5. The molecule has 0 atom stereocenters. The van der Waals surface area contributed by atoms with Crippen LogP contribution in [0.3, 0.4) is 0 Å². The van der Waals surface area contributed by atoms with E-state index in [1.54, 1.807) is 0 Å². The van der Waals surface area contributed by atoms with Gasteiger partial charge >= 0.3 is 0 Å². The third-order valence-electron chi connectivity index (χ3n) is 18.0. The van der Waals surface area contributed by atoms with E-state index >= 15 is 0 Å². The van der Waals surface area contributed by atoms with Crippen LogP contribution in [0.15, 0.2) is 309 Å². The zero-order valence-corrected chi connectivity index (χ0v) is 45.2. The molecule has 83 heavy (non-hydrogen) atoms. The van der Waals surface area contributed by atoms with Gasteiger partial charge in [-0.05, 0) is 150 Å². The first-order valence-corrected chi connectivity index (χ1v) is 28.6. The minimum atomic E-state index is -0.592. The maximum atomic E-state index is 6.73. The molecule has 3 heteroatoms. The van der Waals surface area contributed by atoms with E-state index in [0.29, 0.717) is 0 Å². The molecule has 2 heterocycles. The van der Waals surface area contributed by atoms with Crippen molar-refractivity contribution in [1.82, 2.24) is 0 Å². The number of benzene rings is 13. The average molecular weight is 1060 g/mol. The lowest BCUT2D eigenvalue weighted by Gasteiger charge is -2.39. The Balaban J connectivity index is 0.822. The molecule has 0 radical (unpaired) electrons. The molecule has 0 fully saturated rings. The minimum Gasteiger partial charge on any atom is -0.457 e. The van der Waals surface area contributed by atoms with Crippen LogP contribution in [0, 0.1) is 0 Å². The smallest absolute Gasteiger partial charge is 0.132 e. The van der Waals surface area contributed by atoms with Gasteiger partial charge in [0.05, 0.1) is 16.5 Å². The molecule has 0 saturated carbocycles. The Labute approximate surface area is 483 Å². The summed E-state index contributed by atoms with van der Waals surface area (Å²) >= 11 is 0. The van der Waals surface area contributed by atoms with Crippen LogP contribution in [0.25, 0.3) is 66.8 Å². The lowest BCUT2D eigenvalue weighted by atomic mass is 9.66. The molecule has 13 aromatic carbocycles.